The Bertz CT molecular complexity index is 725. The predicted octanol–water partition coefficient (Wildman–Crippen LogP) is 3.14. The first kappa shape index (κ1) is 15.3. The van der Waals surface area contributed by atoms with E-state index in [4.69, 9.17) is 0 Å². The van der Waals surface area contributed by atoms with Gasteiger partial charge in [-0.3, -0.25) is 0 Å². The molecule has 0 aliphatic carbocycles. The highest BCUT2D eigenvalue weighted by atomic mass is 32.2. The number of amidine groups is 1. The fourth-order valence-electron chi connectivity index (χ4n) is 3.61. The zero-order valence-electron chi connectivity index (χ0n) is 13.3. The Balaban J connectivity index is 2.02. The van der Waals surface area contributed by atoms with Crippen molar-refractivity contribution < 1.29 is 8.42 Å². The number of nitrogens with zero attached hydrogens (tertiary/aromatic N) is 2. The molecule has 2 aliphatic rings. The van der Waals surface area contributed by atoms with Gasteiger partial charge in [-0.15, -0.1) is 4.40 Å². The Morgan fingerprint density at radius 1 is 1.09 bits per heavy atom. The smallest absolute Gasteiger partial charge is 0.285 e. The maximum atomic E-state index is 12.5. The Labute approximate surface area is 132 Å². The van der Waals surface area contributed by atoms with Gasteiger partial charge in [0, 0.05) is 18.7 Å². The van der Waals surface area contributed by atoms with Gasteiger partial charge in [-0.25, -0.2) is 0 Å². The molecule has 0 spiro atoms. The van der Waals surface area contributed by atoms with Crippen LogP contribution in [0.4, 0.5) is 0 Å². The minimum absolute atomic E-state index is 0.356. The Kier molecular flexibility index (Phi) is 3.85. The molecule has 0 bridgehead atoms. The monoisotopic (exact) mass is 318 g/mol. The summed E-state index contributed by atoms with van der Waals surface area (Å²) in [7, 11) is -3.60. The van der Waals surface area contributed by atoms with Crippen molar-refractivity contribution in [3.05, 3.63) is 41.5 Å². The number of sulfonamides is 1. The van der Waals surface area contributed by atoms with Crippen molar-refractivity contribution >= 4 is 20.8 Å². The predicted molar refractivity (Wildman–Crippen MR) is 89.9 cm³/mol. The van der Waals surface area contributed by atoms with Gasteiger partial charge in [0.15, 0.2) is 0 Å². The van der Waals surface area contributed by atoms with Crippen LogP contribution in [0.25, 0.3) is 4.91 Å². The van der Waals surface area contributed by atoms with Gasteiger partial charge in [-0.05, 0) is 30.7 Å². The average molecular weight is 318 g/mol. The van der Waals surface area contributed by atoms with E-state index < -0.39 is 10.0 Å². The van der Waals surface area contributed by atoms with Gasteiger partial charge in [0.25, 0.3) is 10.0 Å². The second-order valence-corrected chi connectivity index (χ2v) is 8.10. The molecule has 2 heterocycles. The lowest BCUT2D eigenvalue weighted by molar-refractivity contribution is 0.214. The number of hydrogen-bond donors (Lipinski definition) is 0. The number of likely N-dealkylation sites (tertiary alicyclic amines) is 1. The number of piperidine rings is 1. The zero-order valence-corrected chi connectivity index (χ0v) is 14.1. The Hall–Kier alpha value is -1.62. The number of benzene rings is 1. The van der Waals surface area contributed by atoms with Gasteiger partial charge in [-0.1, -0.05) is 44.2 Å². The van der Waals surface area contributed by atoms with Crippen molar-refractivity contribution in [2.45, 2.75) is 27.2 Å². The standard InChI is InChI=1S/C17H22N2O2S/c1-12-9-13(2)11-19(10-12)17-14(3)16(22(20,21)18-17)15-7-5-4-6-8-15/h4-8,12-13H,9-11H2,1-3H3. The molecule has 4 nitrogen and oxygen atoms in total. The van der Waals surface area contributed by atoms with Crippen LogP contribution in [0, 0.1) is 11.8 Å². The molecule has 2 unspecified atom stereocenters. The van der Waals surface area contributed by atoms with Crippen LogP contribution >= 0.6 is 0 Å². The molecule has 2 atom stereocenters. The van der Waals surface area contributed by atoms with Crippen molar-refractivity contribution in [2.24, 2.45) is 16.2 Å². The molecule has 1 saturated heterocycles. The molecule has 2 aliphatic heterocycles. The molecule has 22 heavy (non-hydrogen) atoms. The molecule has 1 aromatic carbocycles. The molecule has 1 aromatic rings. The third-order valence-corrected chi connectivity index (χ3v) is 5.82. The summed E-state index contributed by atoms with van der Waals surface area (Å²) in [4.78, 5) is 2.50. The van der Waals surface area contributed by atoms with E-state index >= 15 is 0 Å². The average Bonchev–Trinajstić information content (AvgIpc) is 2.68. The summed E-state index contributed by atoms with van der Waals surface area (Å²) in [5.74, 6) is 1.75. The van der Waals surface area contributed by atoms with Gasteiger partial charge in [0.05, 0.1) is 0 Å². The van der Waals surface area contributed by atoms with E-state index in [9.17, 15) is 8.42 Å². The normalized spacial score (nSPS) is 28.0. The highest BCUT2D eigenvalue weighted by Gasteiger charge is 2.35. The fraction of sp³-hybridized carbons (Fsp3) is 0.471. The highest BCUT2D eigenvalue weighted by Crippen LogP contribution is 2.35. The first-order valence-electron chi connectivity index (χ1n) is 7.75. The minimum atomic E-state index is -3.60. The first-order valence-corrected chi connectivity index (χ1v) is 9.19. The lowest BCUT2D eigenvalue weighted by atomic mass is 9.91. The molecule has 118 valence electrons. The van der Waals surface area contributed by atoms with E-state index in [0.717, 1.165) is 24.2 Å². The van der Waals surface area contributed by atoms with Crippen LogP contribution in [-0.4, -0.2) is 32.2 Å². The number of hydrogen-bond acceptors (Lipinski definition) is 3. The molecule has 0 aromatic heterocycles. The van der Waals surface area contributed by atoms with Crippen LogP contribution in [0.15, 0.2) is 40.3 Å². The maximum Gasteiger partial charge on any atom is 0.285 e. The highest BCUT2D eigenvalue weighted by molar-refractivity contribution is 8.00. The van der Waals surface area contributed by atoms with Crippen LogP contribution in [0.1, 0.15) is 32.8 Å². The van der Waals surface area contributed by atoms with Gasteiger partial charge in [-0.2, -0.15) is 8.42 Å². The third-order valence-electron chi connectivity index (χ3n) is 4.34. The summed E-state index contributed by atoms with van der Waals surface area (Å²) in [6.45, 7) is 8.04. The summed E-state index contributed by atoms with van der Waals surface area (Å²) in [6, 6.07) is 9.26. The second kappa shape index (κ2) is 5.54. The molecule has 3 rings (SSSR count). The van der Waals surface area contributed by atoms with Gasteiger partial charge in [0.2, 0.25) is 0 Å². The summed E-state index contributed by atoms with van der Waals surface area (Å²) in [5.41, 5.74) is 1.49. The fourth-order valence-corrected chi connectivity index (χ4v) is 5.09. The maximum absolute atomic E-state index is 12.5. The lowest BCUT2D eigenvalue weighted by Crippen LogP contribution is -2.42. The minimum Gasteiger partial charge on any atom is -0.355 e. The Morgan fingerprint density at radius 2 is 1.68 bits per heavy atom. The first-order chi connectivity index (χ1) is 10.4. The lowest BCUT2D eigenvalue weighted by Gasteiger charge is -2.36. The second-order valence-electron chi connectivity index (χ2n) is 6.56. The molecule has 0 saturated carbocycles. The molecule has 0 amide bonds. The summed E-state index contributed by atoms with van der Waals surface area (Å²) in [6.07, 6.45) is 1.19. The quantitative estimate of drug-likeness (QED) is 0.799. The van der Waals surface area contributed by atoms with E-state index in [1.165, 1.54) is 6.42 Å². The number of rotatable bonds is 1. The van der Waals surface area contributed by atoms with Crippen LogP contribution < -0.4 is 0 Å². The van der Waals surface area contributed by atoms with Gasteiger partial charge < -0.3 is 4.90 Å². The van der Waals surface area contributed by atoms with Crippen molar-refractivity contribution in [3.8, 4) is 0 Å². The van der Waals surface area contributed by atoms with Crippen molar-refractivity contribution in [1.29, 1.82) is 0 Å². The van der Waals surface area contributed by atoms with E-state index in [0.29, 0.717) is 22.6 Å². The molecule has 0 radical (unpaired) electrons. The zero-order chi connectivity index (χ0) is 15.9. The van der Waals surface area contributed by atoms with E-state index in [1.807, 2.05) is 37.3 Å². The third kappa shape index (κ3) is 2.70. The molecular weight excluding hydrogens is 296 g/mol. The van der Waals surface area contributed by atoms with Crippen LogP contribution in [0.2, 0.25) is 0 Å². The molecule has 5 heteroatoms. The van der Waals surface area contributed by atoms with E-state index in [-0.39, 0.29) is 0 Å². The topological polar surface area (TPSA) is 49.7 Å². The molecular formula is C17H22N2O2S. The van der Waals surface area contributed by atoms with E-state index in [2.05, 4.69) is 23.1 Å². The van der Waals surface area contributed by atoms with Crippen molar-refractivity contribution in [3.63, 3.8) is 0 Å². The van der Waals surface area contributed by atoms with Gasteiger partial charge in [0.1, 0.15) is 10.7 Å². The van der Waals surface area contributed by atoms with Crippen LogP contribution in [0.3, 0.4) is 0 Å². The van der Waals surface area contributed by atoms with Crippen LogP contribution in [-0.2, 0) is 10.0 Å². The summed E-state index contributed by atoms with van der Waals surface area (Å²) in [5, 5.41) is 0. The largest absolute Gasteiger partial charge is 0.355 e. The van der Waals surface area contributed by atoms with Gasteiger partial charge >= 0.3 is 0 Å². The van der Waals surface area contributed by atoms with Crippen LogP contribution in [0.5, 0.6) is 0 Å². The van der Waals surface area contributed by atoms with E-state index in [1.54, 1.807) is 0 Å². The molecule has 0 N–H and O–H groups in total. The Morgan fingerprint density at radius 3 is 2.27 bits per heavy atom. The summed E-state index contributed by atoms with van der Waals surface area (Å²) < 4.78 is 29.1. The molecule has 1 fully saturated rings. The summed E-state index contributed by atoms with van der Waals surface area (Å²) >= 11 is 0. The SMILES string of the molecule is CC1=C(c2ccccc2)S(=O)(=O)N=C1N1CC(C)CC(C)C1. The van der Waals surface area contributed by atoms with Crippen molar-refractivity contribution in [1.82, 2.24) is 4.90 Å². The van der Waals surface area contributed by atoms with Crippen molar-refractivity contribution in [2.75, 3.05) is 13.1 Å².